The Kier molecular flexibility index (Phi) is 14.3. The summed E-state index contributed by atoms with van der Waals surface area (Å²) in [5.41, 5.74) is 0. The van der Waals surface area contributed by atoms with Crippen molar-refractivity contribution in [1.82, 2.24) is 0 Å². The van der Waals surface area contributed by atoms with Crippen LogP contribution in [0.4, 0.5) is 0 Å². The van der Waals surface area contributed by atoms with E-state index in [2.05, 4.69) is 32.6 Å². The van der Waals surface area contributed by atoms with E-state index in [-0.39, 0.29) is 0 Å². The first-order valence-electron chi connectivity index (χ1n) is 8.27. The van der Waals surface area contributed by atoms with E-state index in [4.69, 9.17) is 0 Å². The van der Waals surface area contributed by atoms with Crippen molar-refractivity contribution in [2.75, 3.05) is 0 Å². The Morgan fingerprint density at radius 3 is 2.00 bits per heavy atom. The van der Waals surface area contributed by atoms with Gasteiger partial charge in [0.25, 0.3) is 0 Å². The minimum atomic E-state index is 0.801. The van der Waals surface area contributed by atoms with Gasteiger partial charge in [-0.15, -0.1) is 11.8 Å². The lowest BCUT2D eigenvalue weighted by atomic mass is 9.99. The SMILES string of the molecule is CCCCCCC#CCC(C)CCCCCCC. The van der Waals surface area contributed by atoms with E-state index in [1.54, 1.807) is 0 Å². The summed E-state index contributed by atoms with van der Waals surface area (Å²) in [6.45, 7) is 6.89. The maximum atomic E-state index is 3.36. The van der Waals surface area contributed by atoms with E-state index < -0.39 is 0 Å². The average molecular weight is 250 g/mol. The third kappa shape index (κ3) is 13.6. The fourth-order valence-corrected chi connectivity index (χ4v) is 2.17. The van der Waals surface area contributed by atoms with Gasteiger partial charge in [-0.1, -0.05) is 72.1 Å². The van der Waals surface area contributed by atoms with Crippen LogP contribution >= 0.6 is 0 Å². The van der Waals surface area contributed by atoms with E-state index >= 15 is 0 Å². The monoisotopic (exact) mass is 250 g/mol. The molecule has 0 spiro atoms. The molecule has 0 fully saturated rings. The predicted octanol–water partition coefficient (Wildman–Crippen LogP) is 6.35. The van der Waals surface area contributed by atoms with Crippen molar-refractivity contribution < 1.29 is 0 Å². The molecule has 0 heterocycles. The lowest BCUT2D eigenvalue weighted by Gasteiger charge is -2.06. The van der Waals surface area contributed by atoms with Crippen LogP contribution in [0, 0.1) is 17.8 Å². The number of hydrogen-bond donors (Lipinski definition) is 0. The van der Waals surface area contributed by atoms with Crippen molar-refractivity contribution in [2.24, 2.45) is 5.92 Å². The van der Waals surface area contributed by atoms with Crippen molar-refractivity contribution in [3.63, 3.8) is 0 Å². The van der Waals surface area contributed by atoms with E-state index in [0.29, 0.717) is 0 Å². The summed E-state index contributed by atoms with van der Waals surface area (Å²) in [5.74, 6) is 7.50. The highest BCUT2D eigenvalue weighted by Gasteiger charge is 1.99. The zero-order valence-electron chi connectivity index (χ0n) is 13.1. The third-order valence-electron chi connectivity index (χ3n) is 3.53. The number of unbranched alkanes of at least 4 members (excludes halogenated alkanes) is 8. The van der Waals surface area contributed by atoms with E-state index in [0.717, 1.165) is 18.8 Å². The highest BCUT2D eigenvalue weighted by molar-refractivity contribution is 4.99. The molecule has 0 aliphatic carbocycles. The smallest absolute Gasteiger partial charge is 0.0114 e. The Morgan fingerprint density at radius 1 is 0.722 bits per heavy atom. The lowest BCUT2D eigenvalue weighted by Crippen LogP contribution is -1.93. The van der Waals surface area contributed by atoms with Crippen LogP contribution in [0.5, 0.6) is 0 Å². The predicted molar refractivity (Wildman–Crippen MR) is 83.7 cm³/mol. The van der Waals surface area contributed by atoms with E-state index in [9.17, 15) is 0 Å². The van der Waals surface area contributed by atoms with Gasteiger partial charge < -0.3 is 0 Å². The zero-order valence-corrected chi connectivity index (χ0v) is 13.1. The van der Waals surface area contributed by atoms with Crippen LogP contribution in [0.3, 0.4) is 0 Å². The minimum absolute atomic E-state index is 0.801. The normalized spacial score (nSPS) is 11.9. The molecule has 0 bridgehead atoms. The molecule has 0 rings (SSSR count). The Bertz CT molecular complexity index is 206. The second kappa shape index (κ2) is 14.6. The van der Waals surface area contributed by atoms with Gasteiger partial charge in [-0.05, 0) is 18.8 Å². The molecule has 0 amide bonds. The highest BCUT2D eigenvalue weighted by Crippen LogP contribution is 2.13. The van der Waals surface area contributed by atoms with Crippen molar-refractivity contribution in [3.05, 3.63) is 0 Å². The van der Waals surface area contributed by atoms with Crippen molar-refractivity contribution in [1.29, 1.82) is 0 Å². The molecule has 0 aliphatic rings. The quantitative estimate of drug-likeness (QED) is 0.296. The van der Waals surface area contributed by atoms with Gasteiger partial charge in [0.15, 0.2) is 0 Å². The van der Waals surface area contributed by atoms with Gasteiger partial charge >= 0.3 is 0 Å². The second-order valence-electron chi connectivity index (χ2n) is 5.68. The fourth-order valence-electron chi connectivity index (χ4n) is 2.17. The molecule has 0 aromatic rings. The summed E-state index contributed by atoms with van der Waals surface area (Å²) in [6, 6.07) is 0. The summed E-state index contributed by atoms with van der Waals surface area (Å²) in [5, 5.41) is 0. The zero-order chi connectivity index (χ0) is 13.5. The molecule has 106 valence electrons. The van der Waals surface area contributed by atoms with Crippen LogP contribution < -0.4 is 0 Å². The topological polar surface area (TPSA) is 0 Å². The largest absolute Gasteiger partial charge is 0.103 e. The fraction of sp³-hybridized carbons (Fsp3) is 0.889. The molecule has 0 heteroatoms. The molecule has 0 radical (unpaired) electrons. The summed E-state index contributed by atoms with van der Waals surface area (Å²) in [4.78, 5) is 0. The molecular formula is C18H34. The van der Waals surface area contributed by atoms with Gasteiger partial charge in [0.1, 0.15) is 0 Å². The van der Waals surface area contributed by atoms with E-state index in [1.165, 1.54) is 64.2 Å². The average Bonchev–Trinajstić information content (AvgIpc) is 2.37. The van der Waals surface area contributed by atoms with Gasteiger partial charge in [-0.25, -0.2) is 0 Å². The third-order valence-corrected chi connectivity index (χ3v) is 3.53. The van der Waals surface area contributed by atoms with E-state index in [1.807, 2.05) is 0 Å². The first-order chi connectivity index (χ1) is 8.81. The Hall–Kier alpha value is -0.440. The minimum Gasteiger partial charge on any atom is -0.103 e. The highest BCUT2D eigenvalue weighted by atomic mass is 14.0. The standard InChI is InChI=1S/C18H34/c1-4-6-8-10-11-13-15-17-18(3)16-14-12-9-7-5-2/h18H,4-12,14,16-17H2,1-3H3. The van der Waals surface area contributed by atoms with Crippen LogP contribution in [0.25, 0.3) is 0 Å². The summed E-state index contributed by atoms with van der Waals surface area (Å²) in [6.07, 6.45) is 15.9. The number of hydrogen-bond acceptors (Lipinski definition) is 0. The Labute approximate surface area is 116 Å². The van der Waals surface area contributed by atoms with Gasteiger partial charge in [0.2, 0.25) is 0 Å². The molecule has 0 aromatic heterocycles. The first kappa shape index (κ1) is 17.6. The Balaban J connectivity index is 3.29. The first-order valence-corrected chi connectivity index (χ1v) is 8.27. The molecule has 0 saturated carbocycles. The number of rotatable bonds is 11. The molecule has 1 atom stereocenters. The van der Waals surface area contributed by atoms with Crippen molar-refractivity contribution >= 4 is 0 Å². The summed E-state index contributed by atoms with van der Waals surface area (Å²) < 4.78 is 0. The molecule has 1 unspecified atom stereocenters. The molecule has 0 saturated heterocycles. The van der Waals surface area contributed by atoms with Crippen LogP contribution in [0.15, 0.2) is 0 Å². The van der Waals surface area contributed by atoms with Gasteiger partial charge in [-0.3, -0.25) is 0 Å². The lowest BCUT2D eigenvalue weighted by molar-refractivity contribution is 0.494. The maximum Gasteiger partial charge on any atom is 0.0114 e. The molecular weight excluding hydrogens is 216 g/mol. The van der Waals surface area contributed by atoms with Gasteiger partial charge in [-0.2, -0.15) is 0 Å². The second-order valence-corrected chi connectivity index (χ2v) is 5.68. The Morgan fingerprint density at radius 2 is 1.33 bits per heavy atom. The summed E-state index contributed by atoms with van der Waals surface area (Å²) in [7, 11) is 0. The molecule has 0 nitrogen and oxygen atoms in total. The molecule has 0 N–H and O–H groups in total. The van der Waals surface area contributed by atoms with Crippen LogP contribution in [-0.2, 0) is 0 Å². The molecule has 0 aliphatic heterocycles. The van der Waals surface area contributed by atoms with Crippen LogP contribution in [0.2, 0.25) is 0 Å². The van der Waals surface area contributed by atoms with Crippen molar-refractivity contribution in [2.45, 2.75) is 97.8 Å². The maximum absolute atomic E-state index is 3.36. The van der Waals surface area contributed by atoms with Crippen LogP contribution in [-0.4, -0.2) is 0 Å². The molecule has 0 aromatic carbocycles. The summed E-state index contributed by atoms with van der Waals surface area (Å²) >= 11 is 0. The van der Waals surface area contributed by atoms with Crippen LogP contribution in [0.1, 0.15) is 97.8 Å². The molecule has 18 heavy (non-hydrogen) atoms. The van der Waals surface area contributed by atoms with Gasteiger partial charge in [0, 0.05) is 12.8 Å². The van der Waals surface area contributed by atoms with Gasteiger partial charge in [0.05, 0.1) is 0 Å². The van der Waals surface area contributed by atoms with Crippen molar-refractivity contribution in [3.8, 4) is 11.8 Å².